The number of esters is 1. The molecule has 3 aromatic rings. The van der Waals surface area contributed by atoms with Crippen molar-refractivity contribution in [1.82, 2.24) is 16.0 Å². The fourth-order valence-corrected chi connectivity index (χ4v) is 5.98. The Hall–Kier alpha value is -5.26. The van der Waals surface area contributed by atoms with E-state index < -0.39 is 36.0 Å². The zero-order valence-electron chi connectivity index (χ0n) is 28.8. The van der Waals surface area contributed by atoms with Gasteiger partial charge >= 0.3 is 12.1 Å². The summed E-state index contributed by atoms with van der Waals surface area (Å²) in [6.45, 7) is 8.01. The number of ether oxygens (including phenoxy) is 3. The quantitative estimate of drug-likeness (QED) is 0.0692. The van der Waals surface area contributed by atoms with Crippen LogP contribution in [-0.2, 0) is 28.6 Å². The number of hydrogen-bond donors (Lipinski definition) is 4. The molecule has 0 spiro atoms. The maximum absolute atomic E-state index is 13.6. The lowest BCUT2D eigenvalue weighted by Crippen LogP contribution is -2.44. The van der Waals surface area contributed by atoms with Gasteiger partial charge < -0.3 is 35.3 Å². The van der Waals surface area contributed by atoms with Crippen LogP contribution in [0.5, 0.6) is 0 Å². The van der Waals surface area contributed by atoms with Crippen LogP contribution in [0.1, 0.15) is 54.4 Å². The molecule has 0 radical (unpaired) electrons. The lowest BCUT2D eigenvalue weighted by Gasteiger charge is -2.24. The second-order valence-corrected chi connectivity index (χ2v) is 12.1. The third-order valence-electron chi connectivity index (χ3n) is 8.53. The number of hydrogen-bond acceptors (Lipinski definition) is 8. The molecule has 0 heterocycles. The molecule has 3 atom stereocenters. The largest absolute Gasteiger partial charge is 0.454 e. The lowest BCUT2D eigenvalue weighted by molar-refractivity contribution is -0.152. The van der Waals surface area contributed by atoms with Crippen molar-refractivity contribution in [2.24, 2.45) is 5.92 Å². The zero-order chi connectivity index (χ0) is 36.4. The Morgan fingerprint density at radius 3 is 2.16 bits per heavy atom. The van der Waals surface area contributed by atoms with Crippen LogP contribution in [0.2, 0.25) is 0 Å². The summed E-state index contributed by atoms with van der Waals surface area (Å²) in [5.41, 5.74) is 4.99. The summed E-state index contributed by atoms with van der Waals surface area (Å²) in [5.74, 6) is -2.28. The van der Waals surface area contributed by atoms with Gasteiger partial charge in [-0.25, -0.2) is 9.59 Å². The van der Waals surface area contributed by atoms with E-state index in [-0.39, 0.29) is 70.6 Å². The van der Waals surface area contributed by atoms with Gasteiger partial charge in [-0.3, -0.25) is 9.59 Å². The topological polar surface area (TPSA) is 152 Å². The van der Waals surface area contributed by atoms with Crippen LogP contribution < -0.4 is 16.0 Å². The Morgan fingerprint density at radius 2 is 1.51 bits per heavy atom. The molecule has 11 nitrogen and oxygen atoms in total. The molecule has 0 bridgehead atoms. The first-order valence-corrected chi connectivity index (χ1v) is 17.2. The van der Waals surface area contributed by atoms with Crippen molar-refractivity contribution in [3.05, 3.63) is 121 Å². The Bertz CT molecular complexity index is 1580. The van der Waals surface area contributed by atoms with Gasteiger partial charge in [0.1, 0.15) is 18.8 Å². The smallest absolute Gasteiger partial charge is 0.407 e. The number of aliphatic hydroxyl groups excluding tert-OH is 1. The van der Waals surface area contributed by atoms with E-state index in [1.165, 1.54) is 0 Å². The van der Waals surface area contributed by atoms with Gasteiger partial charge in [0.2, 0.25) is 11.8 Å². The van der Waals surface area contributed by atoms with Crippen LogP contribution in [0.15, 0.2) is 104 Å². The number of aliphatic hydroxyl groups is 1. The Morgan fingerprint density at radius 1 is 0.843 bits per heavy atom. The second-order valence-electron chi connectivity index (χ2n) is 12.1. The normalized spacial score (nSPS) is 13.4. The van der Waals surface area contributed by atoms with Crippen molar-refractivity contribution in [2.75, 3.05) is 39.5 Å². The number of carbonyl (C=O) groups excluding carboxylic acids is 4. The van der Waals surface area contributed by atoms with Crippen molar-refractivity contribution in [2.45, 2.75) is 43.7 Å². The third kappa shape index (κ3) is 11.4. The van der Waals surface area contributed by atoms with E-state index in [1.54, 1.807) is 36.4 Å². The number of allylic oxidation sites excluding steroid dienone is 2. The highest BCUT2D eigenvalue weighted by Gasteiger charge is 2.31. The first-order valence-electron chi connectivity index (χ1n) is 17.2. The molecule has 51 heavy (non-hydrogen) atoms. The second kappa shape index (κ2) is 20.4. The van der Waals surface area contributed by atoms with Gasteiger partial charge in [0.25, 0.3) is 0 Å². The van der Waals surface area contributed by atoms with Crippen molar-refractivity contribution >= 4 is 23.9 Å². The lowest BCUT2D eigenvalue weighted by atomic mass is 9.98. The third-order valence-corrected chi connectivity index (χ3v) is 8.53. The van der Waals surface area contributed by atoms with Crippen molar-refractivity contribution < 1.29 is 38.5 Å². The van der Waals surface area contributed by atoms with Crippen LogP contribution in [0.4, 0.5) is 4.79 Å². The molecule has 3 amide bonds. The number of amides is 3. The van der Waals surface area contributed by atoms with Gasteiger partial charge in [-0.15, -0.1) is 13.2 Å². The first kappa shape index (κ1) is 38.5. The fraction of sp³-hybridized carbons (Fsp3) is 0.350. The van der Waals surface area contributed by atoms with E-state index in [0.717, 1.165) is 22.3 Å². The molecule has 1 aliphatic carbocycles. The van der Waals surface area contributed by atoms with Crippen LogP contribution >= 0.6 is 0 Å². The predicted molar refractivity (Wildman–Crippen MR) is 194 cm³/mol. The Balaban J connectivity index is 1.38. The molecule has 0 aliphatic heterocycles. The molecule has 0 saturated carbocycles. The summed E-state index contributed by atoms with van der Waals surface area (Å²) in [6, 6.07) is 23.9. The molecule has 1 aliphatic rings. The molecule has 0 unspecified atom stereocenters. The van der Waals surface area contributed by atoms with Crippen LogP contribution in [-0.4, -0.2) is 74.5 Å². The highest BCUT2D eigenvalue weighted by molar-refractivity contribution is 5.86. The SMILES string of the molecule is C=CCC[C@H](NC(=O)OCC1c2ccccc2-c2ccccc21)C(=O)O[C@@H](CNC(=O)[C@H](CC=C)CC(=O)NCCOCCO)c1ccccc1. The van der Waals surface area contributed by atoms with E-state index in [4.69, 9.17) is 19.3 Å². The number of fused-ring (bicyclic) bond motifs is 3. The monoisotopic (exact) mass is 697 g/mol. The molecule has 270 valence electrons. The predicted octanol–water partition coefficient (Wildman–Crippen LogP) is 4.97. The minimum absolute atomic E-state index is 0.0715. The standard InChI is InChI=1S/C40H47N3O8/c1-3-5-20-35(43-40(48)50-27-34-32-18-11-9-16-30(32)31-17-10-12-19-33(31)34)39(47)51-36(28-14-7-6-8-15-28)26-42-38(46)29(13-4-2)25-37(45)41-21-23-49-24-22-44/h3-4,6-12,14-19,29,34-36,44H,1-2,5,13,20-27H2,(H,41,45)(H,42,46)(H,43,48)/t29-,35+,36+/m1/s1. The van der Waals surface area contributed by atoms with Gasteiger partial charge in [-0.1, -0.05) is 91.0 Å². The summed E-state index contributed by atoms with van der Waals surface area (Å²) >= 11 is 0. The molecule has 4 N–H and O–H groups in total. The molecular weight excluding hydrogens is 650 g/mol. The number of nitrogens with one attached hydrogen (secondary N) is 3. The summed E-state index contributed by atoms with van der Waals surface area (Å²) < 4.78 is 16.8. The summed E-state index contributed by atoms with van der Waals surface area (Å²) in [6.07, 6.45) is 2.39. The van der Waals surface area contributed by atoms with E-state index in [0.29, 0.717) is 12.0 Å². The maximum atomic E-state index is 13.6. The maximum Gasteiger partial charge on any atom is 0.407 e. The number of carbonyl (C=O) groups is 4. The highest BCUT2D eigenvalue weighted by Crippen LogP contribution is 2.44. The minimum atomic E-state index is -1.04. The fourth-order valence-electron chi connectivity index (χ4n) is 5.98. The average Bonchev–Trinajstić information content (AvgIpc) is 3.47. The van der Waals surface area contributed by atoms with E-state index in [9.17, 15) is 19.2 Å². The summed E-state index contributed by atoms with van der Waals surface area (Å²) in [7, 11) is 0. The number of benzene rings is 3. The first-order chi connectivity index (χ1) is 24.9. The van der Waals surface area contributed by atoms with Crippen LogP contribution in [0, 0.1) is 5.92 Å². The number of rotatable bonds is 21. The highest BCUT2D eigenvalue weighted by atomic mass is 16.6. The summed E-state index contributed by atoms with van der Waals surface area (Å²) in [4.78, 5) is 52.5. The summed E-state index contributed by atoms with van der Waals surface area (Å²) in [5, 5.41) is 17.0. The molecule has 4 rings (SSSR count). The molecule has 0 aromatic heterocycles. The van der Waals surface area contributed by atoms with Gasteiger partial charge in [0, 0.05) is 18.9 Å². The molecular formula is C40H47N3O8. The molecule has 11 heteroatoms. The van der Waals surface area contributed by atoms with Crippen molar-refractivity contribution in [3.63, 3.8) is 0 Å². The van der Waals surface area contributed by atoms with Gasteiger partial charge in [-0.05, 0) is 47.1 Å². The van der Waals surface area contributed by atoms with Gasteiger partial charge in [0.15, 0.2) is 0 Å². The van der Waals surface area contributed by atoms with E-state index in [1.807, 2.05) is 42.5 Å². The van der Waals surface area contributed by atoms with E-state index in [2.05, 4.69) is 41.2 Å². The zero-order valence-corrected chi connectivity index (χ0v) is 28.8. The van der Waals surface area contributed by atoms with Crippen LogP contribution in [0.25, 0.3) is 11.1 Å². The minimum Gasteiger partial charge on any atom is -0.454 e. The Kier molecular flexibility index (Phi) is 15.4. The Labute approximate surface area is 299 Å². The van der Waals surface area contributed by atoms with Crippen molar-refractivity contribution in [1.29, 1.82) is 0 Å². The number of alkyl carbamates (subject to hydrolysis) is 1. The molecule has 0 saturated heterocycles. The van der Waals surface area contributed by atoms with Gasteiger partial charge in [0.05, 0.1) is 32.3 Å². The van der Waals surface area contributed by atoms with Crippen molar-refractivity contribution in [3.8, 4) is 11.1 Å². The molecule has 3 aromatic carbocycles. The molecule has 0 fully saturated rings. The van der Waals surface area contributed by atoms with E-state index >= 15 is 0 Å². The average molecular weight is 698 g/mol. The van der Waals surface area contributed by atoms with Crippen LogP contribution in [0.3, 0.4) is 0 Å². The van der Waals surface area contributed by atoms with Gasteiger partial charge in [-0.2, -0.15) is 0 Å².